The summed E-state index contributed by atoms with van der Waals surface area (Å²) in [6, 6.07) is 11.8. The van der Waals surface area contributed by atoms with Gasteiger partial charge in [-0.15, -0.1) is 0 Å². The smallest absolute Gasteiger partial charge is 0.264 e. The number of hydrogen-bond donors (Lipinski definition) is 1. The van der Waals surface area contributed by atoms with Crippen LogP contribution in [0.3, 0.4) is 0 Å². The molecule has 2 aromatic carbocycles. The molecule has 2 rings (SSSR count). The summed E-state index contributed by atoms with van der Waals surface area (Å²) < 4.78 is 39.1. The van der Waals surface area contributed by atoms with E-state index in [-0.39, 0.29) is 4.90 Å². The second-order valence-electron chi connectivity index (χ2n) is 4.30. The molecule has 0 heterocycles. The van der Waals surface area contributed by atoms with Gasteiger partial charge >= 0.3 is 0 Å². The molecule has 0 amide bonds. The highest BCUT2D eigenvalue weighted by Crippen LogP contribution is 2.23. The standard InChI is InChI=1S/C14H15FN2O2S/c1-17(13-6-2-4-11(8-13)10-16)20(18,19)14-7-3-5-12(15)9-14/h2-9H,10,16H2,1H3. The molecule has 2 N–H and O–H groups in total. The number of halogens is 1. The third-order valence-electron chi connectivity index (χ3n) is 2.96. The largest absolute Gasteiger partial charge is 0.326 e. The molecule has 0 aliphatic carbocycles. The molecule has 0 spiro atoms. The molecule has 4 nitrogen and oxygen atoms in total. The highest BCUT2D eigenvalue weighted by Gasteiger charge is 2.21. The Morgan fingerprint density at radius 2 is 1.85 bits per heavy atom. The zero-order valence-corrected chi connectivity index (χ0v) is 11.8. The predicted molar refractivity (Wildman–Crippen MR) is 76.3 cm³/mol. The lowest BCUT2D eigenvalue weighted by Gasteiger charge is -2.20. The van der Waals surface area contributed by atoms with E-state index in [1.807, 2.05) is 6.07 Å². The second-order valence-corrected chi connectivity index (χ2v) is 6.27. The fourth-order valence-corrected chi connectivity index (χ4v) is 3.02. The zero-order chi connectivity index (χ0) is 14.8. The number of anilines is 1. The molecular weight excluding hydrogens is 279 g/mol. The number of hydrogen-bond acceptors (Lipinski definition) is 3. The molecule has 0 saturated heterocycles. The van der Waals surface area contributed by atoms with Gasteiger partial charge in [0.1, 0.15) is 5.82 Å². The Hall–Kier alpha value is -1.92. The molecule has 0 bridgehead atoms. The van der Waals surface area contributed by atoms with Crippen molar-refractivity contribution in [2.45, 2.75) is 11.4 Å². The molecule has 0 aromatic heterocycles. The van der Waals surface area contributed by atoms with Crippen molar-refractivity contribution in [2.75, 3.05) is 11.4 Å². The summed E-state index contributed by atoms with van der Waals surface area (Å²) in [5.41, 5.74) is 6.85. The van der Waals surface area contributed by atoms with Crippen LogP contribution >= 0.6 is 0 Å². The zero-order valence-electron chi connectivity index (χ0n) is 11.0. The Balaban J connectivity index is 2.43. The van der Waals surface area contributed by atoms with E-state index in [0.29, 0.717) is 12.2 Å². The van der Waals surface area contributed by atoms with Crippen LogP contribution < -0.4 is 10.0 Å². The molecule has 6 heteroatoms. The van der Waals surface area contributed by atoms with E-state index in [1.54, 1.807) is 18.2 Å². The minimum atomic E-state index is -3.79. The van der Waals surface area contributed by atoms with Crippen molar-refractivity contribution < 1.29 is 12.8 Å². The lowest BCUT2D eigenvalue weighted by Crippen LogP contribution is -2.26. The lowest BCUT2D eigenvalue weighted by atomic mass is 10.2. The van der Waals surface area contributed by atoms with Gasteiger partial charge in [0, 0.05) is 13.6 Å². The van der Waals surface area contributed by atoms with E-state index in [2.05, 4.69) is 0 Å². The van der Waals surface area contributed by atoms with Gasteiger partial charge in [0.2, 0.25) is 0 Å². The summed E-state index contributed by atoms with van der Waals surface area (Å²) >= 11 is 0. The highest BCUT2D eigenvalue weighted by atomic mass is 32.2. The number of nitrogens with zero attached hydrogens (tertiary/aromatic N) is 1. The van der Waals surface area contributed by atoms with Gasteiger partial charge in [0.25, 0.3) is 10.0 Å². The van der Waals surface area contributed by atoms with Crippen molar-refractivity contribution >= 4 is 15.7 Å². The van der Waals surface area contributed by atoms with E-state index >= 15 is 0 Å². The molecule has 0 unspecified atom stereocenters. The maximum atomic E-state index is 13.2. The average molecular weight is 294 g/mol. The van der Waals surface area contributed by atoms with Crippen LogP contribution in [-0.2, 0) is 16.6 Å². The van der Waals surface area contributed by atoms with Gasteiger partial charge < -0.3 is 5.73 Å². The molecule has 106 valence electrons. The van der Waals surface area contributed by atoms with Crippen molar-refractivity contribution in [1.29, 1.82) is 0 Å². The topological polar surface area (TPSA) is 63.4 Å². The fourth-order valence-electron chi connectivity index (χ4n) is 1.80. The Labute approximate surface area is 117 Å². The second kappa shape index (κ2) is 5.60. The average Bonchev–Trinajstić information content (AvgIpc) is 2.46. The number of sulfonamides is 1. The van der Waals surface area contributed by atoms with Crippen LogP contribution in [0.4, 0.5) is 10.1 Å². The maximum Gasteiger partial charge on any atom is 0.264 e. The van der Waals surface area contributed by atoms with Gasteiger partial charge in [-0.3, -0.25) is 4.31 Å². The Bertz CT molecular complexity index is 717. The Morgan fingerprint density at radius 1 is 1.15 bits per heavy atom. The SMILES string of the molecule is CN(c1cccc(CN)c1)S(=O)(=O)c1cccc(F)c1. The van der Waals surface area contributed by atoms with Crippen molar-refractivity contribution in [2.24, 2.45) is 5.73 Å². The van der Waals surface area contributed by atoms with Crippen LogP contribution in [0.5, 0.6) is 0 Å². The van der Waals surface area contributed by atoms with Crippen LogP contribution in [0.1, 0.15) is 5.56 Å². The molecule has 0 aliphatic heterocycles. The van der Waals surface area contributed by atoms with E-state index in [9.17, 15) is 12.8 Å². The normalized spacial score (nSPS) is 11.3. The monoisotopic (exact) mass is 294 g/mol. The molecule has 0 aliphatic rings. The summed E-state index contributed by atoms with van der Waals surface area (Å²) in [5.74, 6) is -0.588. The summed E-state index contributed by atoms with van der Waals surface area (Å²) in [6.07, 6.45) is 0. The van der Waals surface area contributed by atoms with Crippen LogP contribution in [0.15, 0.2) is 53.4 Å². The van der Waals surface area contributed by atoms with E-state index < -0.39 is 15.8 Å². The molecule has 0 atom stereocenters. The van der Waals surface area contributed by atoms with Gasteiger partial charge in [-0.05, 0) is 35.9 Å². The van der Waals surface area contributed by atoms with Crippen LogP contribution in [0, 0.1) is 5.82 Å². The van der Waals surface area contributed by atoms with Crippen molar-refractivity contribution in [3.63, 3.8) is 0 Å². The van der Waals surface area contributed by atoms with Crippen LogP contribution in [0.2, 0.25) is 0 Å². The maximum absolute atomic E-state index is 13.2. The summed E-state index contributed by atoms with van der Waals surface area (Å²) in [7, 11) is -2.36. The first kappa shape index (κ1) is 14.5. The van der Waals surface area contributed by atoms with Gasteiger partial charge in [0.05, 0.1) is 10.6 Å². The number of benzene rings is 2. The molecule has 0 saturated carbocycles. The molecule has 2 aromatic rings. The van der Waals surface area contributed by atoms with Crippen molar-refractivity contribution in [3.05, 3.63) is 59.9 Å². The van der Waals surface area contributed by atoms with Crippen molar-refractivity contribution in [1.82, 2.24) is 0 Å². The Kier molecular flexibility index (Phi) is 4.06. The number of rotatable bonds is 4. The molecule has 20 heavy (non-hydrogen) atoms. The third kappa shape index (κ3) is 2.81. The quantitative estimate of drug-likeness (QED) is 0.939. The lowest BCUT2D eigenvalue weighted by molar-refractivity contribution is 0.589. The fraction of sp³-hybridized carbons (Fsp3) is 0.143. The summed E-state index contributed by atoms with van der Waals surface area (Å²) in [6.45, 7) is 0.321. The summed E-state index contributed by atoms with van der Waals surface area (Å²) in [4.78, 5) is -0.0850. The van der Waals surface area contributed by atoms with Crippen molar-refractivity contribution in [3.8, 4) is 0 Å². The minimum Gasteiger partial charge on any atom is -0.326 e. The first-order chi connectivity index (χ1) is 9.45. The van der Waals surface area contributed by atoms with Gasteiger partial charge in [-0.1, -0.05) is 18.2 Å². The molecular formula is C14H15FN2O2S. The minimum absolute atomic E-state index is 0.0850. The molecule has 0 fully saturated rings. The first-order valence-corrected chi connectivity index (χ1v) is 7.42. The highest BCUT2D eigenvalue weighted by molar-refractivity contribution is 7.92. The van der Waals surface area contributed by atoms with E-state index in [4.69, 9.17) is 5.73 Å². The van der Waals surface area contributed by atoms with Crippen LogP contribution in [0.25, 0.3) is 0 Å². The van der Waals surface area contributed by atoms with Gasteiger partial charge in [-0.25, -0.2) is 12.8 Å². The van der Waals surface area contributed by atoms with E-state index in [0.717, 1.165) is 15.9 Å². The van der Waals surface area contributed by atoms with Gasteiger partial charge in [0.15, 0.2) is 0 Å². The van der Waals surface area contributed by atoms with Crippen LogP contribution in [-0.4, -0.2) is 15.5 Å². The third-order valence-corrected chi connectivity index (χ3v) is 4.75. The molecule has 0 radical (unpaired) electrons. The predicted octanol–water partition coefficient (Wildman–Crippen LogP) is 2.11. The summed E-state index contributed by atoms with van der Waals surface area (Å²) in [5, 5.41) is 0. The Morgan fingerprint density at radius 3 is 2.50 bits per heavy atom. The first-order valence-electron chi connectivity index (χ1n) is 5.98. The van der Waals surface area contributed by atoms with E-state index in [1.165, 1.54) is 25.2 Å². The number of nitrogens with two attached hydrogens (primary N) is 1. The van der Waals surface area contributed by atoms with Gasteiger partial charge in [-0.2, -0.15) is 0 Å².